The highest BCUT2D eigenvalue weighted by atomic mass is 16.5. The van der Waals surface area contributed by atoms with Gasteiger partial charge >= 0.3 is 0 Å². The van der Waals surface area contributed by atoms with Crippen molar-refractivity contribution in [2.45, 2.75) is 39.2 Å². The van der Waals surface area contributed by atoms with E-state index in [9.17, 15) is 9.90 Å². The van der Waals surface area contributed by atoms with Crippen molar-refractivity contribution < 1.29 is 14.4 Å². The summed E-state index contributed by atoms with van der Waals surface area (Å²) in [5.41, 5.74) is 1.42. The van der Waals surface area contributed by atoms with Crippen LogP contribution in [0.15, 0.2) is 17.0 Å². The first-order valence-corrected chi connectivity index (χ1v) is 10.3. The average Bonchev–Trinajstić information content (AvgIpc) is 3.36. The number of aryl methyl sites for hydroxylation is 2. The summed E-state index contributed by atoms with van der Waals surface area (Å²) in [6, 6.07) is 0. The maximum Gasteiger partial charge on any atom is 0.259 e. The van der Waals surface area contributed by atoms with E-state index in [1.165, 1.54) is 6.33 Å². The molecule has 30 heavy (non-hydrogen) atoms. The molecular formula is C20H25N7O3. The van der Waals surface area contributed by atoms with Crippen molar-refractivity contribution in [2.24, 2.45) is 5.41 Å². The fourth-order valence-electron chi connectivity index (χ4n) is 5.01. The lowest BCUT2D eigenvalue weighted by atomic mass is 9.71. The highest BCUT2D eigenvalue weighted by Crippen LogP contribution is 2.41. The van der Waals surface area contributed by atoms with E-state index in [1.54, 1.807) is 20.0 Å². The molecule has 0 saturated carbocycles. The molecule has 2 fully saturated rings. The van der Waals surface area contributed by atoms with Gasteiger partial charge in [0.1, 0.15) is 23.5 Å². The second-order valence-electron chi connectivity index (χ2n) is 8.45. The van der Waals surface area contributed by atoms with Crippen molar-refractivity contribution in [3.05, 3.63) is 29.5 Å². The van der Waals surface area contributed by atoms with E-state index in [4.69, 9.17) is 4.52 Å². The number of piperidine rings is 2. The van der Waals surface area contributed by atoms with Crippen molar-refractivity contribution in [1.82, 2.24) is 30.2 Å². The molecule has 3 aromatic heterocycles. The van der Waals surface area contributed by atoms with Gasteiger partial charge in [-0.1, -0.05) is 5.16 Å². The van der Waals surface area contributed by atoms with Gasteiger partial charge in [-0.05, 0) is 33.1 Å². The van der Waals surface area contributed by atoms with Crippen LogP contribution in [0.5, 0.6) is 0 Å². The van der Waals surface area contributed by atoms with Gasteiger partial charge in [0.2, 0.25) is 0 Å². The summed E-state index contributed by atoms with van der Waals surface area (Å²) in [5, 5.41) is 22.8. The molecule has 1 spiro atoms. The molecule has 5 rings (SSSR count). The van der Waals surface area contributed by atoms with E-state index in [-0.39, 0.29) is 5.91 Å². The lowest BCUT2D eigenvalue weighted by Gasteiger charge is -2.51. The molecule has 2 N–H and O–H groups in total. The van der Waals surface area contributed by atoms with Crippen LogP contribution in [-0.4, -0.2) is 73.5 Å². The van der Waals surface area contributed by atoms with Crippen LogP contribution in [0, 0.1) is 19.3 Å². The predicted octanol–water partition coefficient (Wildman–Crippen LogP) is 1.45. The molecule has 3 aromatic rings. The van der Waals surface area contributed by atoms with Gasteiger partial charge in [-0.2, -0.15) is 5.10 Å². The van der Waals surface area contributed by atoms with E-state index < -0.39 is 11.5 Å². The molecular weight excluding hydrogens is 386 g/mol. The van der Waals surface area contributed by atoms with E-state index in [0.717, 1.165) is 24.0 Å². The molecule has 0 aliphatic carbocycles. The Kier molecular flexibility index (Phi) is 4.46. The van der Waals surface area contributed by atoms with Crippen molar-refractivity contribution >= 4 is 22.8 Å². The van der Waals surface area contributed by atoms with Crippen molar-refractivity contribution in [2.75, 3.05) is 31.1 Å². The van der Waals surface area contributed by atoms with Gasteiger partial charge in [-0.15, -0.1) is 0 Å². The van der Waals surface area contributed by atoms with Crippen LogP contribution in [0.2, 0.25) is 0 Å². The summed E-state index contributed by atoms with van der Waals surface area (Å²) in [6.07, 6.45) is 5.10. The number of nitrogens with one attached hydrogen (secondary N) is 1. The Hall–Kier alpha value is -3.01. The first-order valence-electron chi connectivity index (χ1n) is 10.3. The number of H-pyrrole nitrogens is 1. The lowest BCUT2D eigenvalue weighted by molar-refractivity contribution is -0.0362. The summed E-state index contributed by atoms with van der Waals surface area (Å²) in [6.45, 7) is 6.01. The van der Waals surface area contributed by atoms with E-state index >= 15 is 0 Å². The average molecular weight is 411 g/mol. The van der Waals surface area contributed by atoms with Gasteiger partial charge in [0.15, 0.2) is 5.65 Å². The molecule has 0 aromatic carbocycles. The number of aromatic nitrogens is 5. The summed E-state index contributed by atoms with van der Waals surface area (Å²) in [5.74, 6) is 1.27. The number of nitrogens with zero attached hydrogens (tertiary/aromatic N) is 6. The van der Waals surface area contributed by atoms with Gasteiger partial charge in [0.05, 0.1) is 23.4 Å². The SMILES string of the molecule is Cc1noc(C)c1C(=O)N1CCC[C@@]2(C1)CN(c1ncnc3[nH]ncc13)CC[C@@H]2O. The molecule has 158 valence electrons. The first kappa shape index (κ1) is 19.0. The number of carbonyl (C=O) groups is 1. The second-order valence-corrected chi connectivity index (χ2v) is 8.45. The summed E-state index contributed by atoms with van der Waals surface area (Å²) in [7, 11) is 0. The zero-order chi connectivity index (χ0) is 20.9. The number of anilines is 1. The van der Waals surface area contributed by atoms with Crippen molar-refractivity contribution in [3.63, 3.8) is 0 Å². The van der Waals surface area contributed by atoms with Crippen LogP contribution in [0.25, 0.3) is 11.0 Å². The topological polar surface area (TPSA) is 124 Å². The molecule has 0 unspecified atom stereocenters. The number of aromatic amines is 1. The van der Waals surface area contributed by atoms with Crippen LogP contribution in [0.4, 0.5) is 5.82 Å². The van der Waals surface area contributed by atoms with Crippen LogP contribution in [0.3, 0.4) is 0 Å². The second kappa shape index (κ2) is 7.05. The quantitative estimate of drug-likeness (QED) is 0.649. The Balaban J connectivity index is 1.43. The molecule has 2 aliphatic rings. The van der Waals surface area contributed by atoms with Crippen molar-refractivity contribution in [1.29, 1.82) is 0 Å². The predicted molar refractivity (Wildman–Crippen MR) is 108 cm³/mol. The fraction of sp³-hybridized carbons (Fsp3) is 0.550. The Morgan fingerprint density at radius 1 is 1.30 bits per heavy atom. The van der Waals surface area contributed by atoms with Crippen LogP contribution in [0.1, 0.15) is 41.1 Å². The maximum atomic E-state index is 13.2. The number of aliphatic hydroxyl groups excluding tert-OH is 1. The maximum absolute atomic E-state index is 13.2. The number of fused-ring (bicyclic) bond motifs is 1. The molecule has 10 heteroatoms. The van der Waals surface area contributed by atoms with E-state index in [0.29, 0.717) is 55.3 Å². The Bertz CT molecular complexity index is 1070. The Morgan fingerprint density at radius 3 is 2.97 bits per heavy atom. The summed E-state index contributed by atoms with van der Waals surface area (Å²) >= 11 is 0. The number of hydrogen-bond acceptors (Lipinski definition) is 8. The third-order valence-electron chi connectivity index (χ3n) is 6.55. The van der Waals surface area contributed by atoms with Gasteiger partial charge in [0, 0.05) is 31.6 Å². The normalized spacial score (nSPS) is 24.7. The Labute approximate surface area is 173 Å². The van der Waals surface area contributed by atoms with Gasteiger partial charge in [-0.3, -0.25) is 9.89 Å². The van der Waals surface area contributed by atoms with Gasteiger partial charge < -0.3 is 19.4 Å². The third-order valence-corrected chi connectivity index (χ3v) is 6.55. The van der Waals surface area contributed by atoms with Crippen molar-refractivity contribution in [3.8, 4) is 0 Å². The fourth-order valence-corrected chi connectivity index (χ4v) is 5.01. The van der Waals surface area contributed by atoms with Gasteiger partial charge in [-0.25, -0.2) is 9.97 Å². The summed E-state index contributed by atoms with van der Waals surface area (Å²) < 4.78 is 5.20. The zero-order valence-corrected chi connectivity index (χ0v) is 17.1. The molecule has 1 amide bonds. The number of likely N-dealkylation sites (tertiary alicyclic amines) is 1. The van der Waals surface area contributed by atoms with Crippen LogP contribution >= 0.6 is 0 Å². The highest BCUT2D eigenvalue weighted by molar-refractivity contribution is 5.96. The Morgan fingerprint density at radius 2 is 2.17 bits per heavy atom. The largest absolute Gasteiger partial charge is 0.392 e. The highest BCUT2D eigenvalue weighted by Gasteiger charge is 2.47. The molecule has 0 bridgehead atoms. The number of amides is 1. The monoisotopic (exact) mass is 411 g/mol. The minimum absolute atomic E-state index is 0.0751. The molecule has 0 radical (unpaired) electrons. The molecule has 2 aliphatic heterocycles. The van der Waals surface area contributed by atoms with Crippen LogP contribution < -0.4 is 4.90 Å². The minimum Gasteiger partial charge on any atom is -0.392 e. The van der Waals surface area contributed by atoms with E-state index in [1.807, 2.05) is 4.90 Å². The van der Waals surface area contributed by atoms with Gasteiger partial charge in [0.25, 0.3) is 5.91 Å². The number of carbonyl (C=O) groups excluding carboxylic acids is 1. The molecule has 2 atom stereocenters. The van der Waals surface area contributed by atoms with E-state index in [2.05, 4.69) is 30.2 Å². The number of hydrogen-bond donors (Lipinski definition) is 2. The summed E-state index contributed by atoms with van der Waals surface area (Å²) in [4.78, 5) is 26.0. The standard InChI is InChI=1S/C20H25N7O3/c1-12-16(13(2)30-25-12)19(29)27-6-3-5-20(10-27)9-26(7-4-15(20)28)18-14-8-23-24-17(14)21-11-22-18/h8,11,15,28H,3-7,9-10H2,1-2H3,(H,21,22,23,24)/t15-,20-/m0/s1. The number of aliphatic hydroxyl groups is 1. The third kappa shape index (κ3) is 2.94. The molecule has 2 saturated heterocycles. The zero-order valence-electron chi connectivity index (χ0n) is 17.1. The first-order chi connectivity index (χ1) is 14.5. The molecule has 5 heterocycles. The lowest BCUT2D eigenvalue weighted by Crippen LogP contribution is -2.60. The minimum atomic E-state index is -0.476. The van der Waals surface area contributed by atoms with Crippen LogP contribution in [-0.2, 0) is 0 Å². The molecule has 10 nitrogen and oxygen atoms in total. The smallest absolute Gasteiger partial charge is 0.259 e. The number of rotatable bonds is 2.